The average molecular weight is 378 g/mol. The van der Waals surface area contributed by atoms with E-state index in [0.717, 1.165) is 50.5 Å². The number of fused-ring (bicyclic) bond motifs is 3. The van der Waals surface area contributed by atoms with Crippen LogP contribution < -0.4 is 4.74 Å². The number of aryl methyl sites for hydroxylation is 3. The lowest BCUT2D eigenvalue weighted by Crippen LogP contribution is -2.33. The van der Waals surface area contributed by atoms with Gasteiger partial charge in [0.1, 0.15) is 5.75 Å². The summed E-state index contributed by atoms with van der Waals surface area (Å²) in [6.45, 7) is 11.0. The molecule has 1 aromatic carbocycles. The van der Waals surface area contributed by atoms with Crippen LogP contribution in [0.1, 0.15) is 36.4 Å². The van der Waals surface area contributed by atoms with Crippen LogP contribution in [0, 0.1) is 12.8 Å². The molecule has 0 saturated heterocycles. The Morgan fingerprint density at radius 2 is 2.04 bits per heavy atom. The van der Waals surface area contributed by atoms with E-state index < -0.39 is 0 Å². The minimum Gasteiger partial charge on any atom is -0.497 e. The highest BCUT2D eigenvalue weighted by molar-refractivity contribution is 5.87. The number of benzene rings is 1. The van der Waals surface area contributed by atoms with Crippen molar-refractivity contribution in [1.29, 1.82) is 0 Å². The summed E-state index contributed by atoms with van der Waals surface area (Å²) in [5.74, 6) is 1.63. The first-order valence-corrected chi connectivity index (χ1v) is 10.4. The maximum Gasteiger partial charge on any atom is 0.119 e. The fourth-order valence-corrected chi connectivity index (χ4v) is 4.43. The maximum absolute atomic E-state index is 5.52. The van der Waals surface area contributed by atoms with Crippen molar-refractivity contribution in [3.63, 3.8) is 0 Å². The lowest BCUT2D eigenvalue weighted by Gasteiger charge is -2.29. The van der Waals surface area contributed by atoms with Gasteiger partial charge in [-0.25, -0.2) is 0 Å². The molecular formula is C24H31N3O. The van der Waals surface area contributed by atoms with Crippen molar-refractivity contribution in [2.45, 2.75) is 46.7 Å². The van der Waals surface area contributed by atoms with E-state index in [4.69, 9.17) is 4.74 Å². The highest BCUT2D eigenvalue weighted by Crippen LogP contribution is 2.33. The van der Waals surface area contributed by atoms with Gasteiger partial charge < -0.3 is 9.30 Å². The second kappa shape index (κ2) is 7.96. The zero-order chi connectivity index (χ0) is 19.7. The molecule has 1 aliphatic rings. The van der Waals surface area contributed by atoms with Gasteiger partial charge in [-0.2, -0.15) is 0 Å². The first-order valence-electron chi connectivity index (χ1n) is 10.4. The van der Waals surface area contributed by atoms with Crippen LogP contribution in [-0.4, -0.2) is 34.7 Å². The van der Waals surface area contributed by atoms with Gasteiger partial charge in [-0.3, -0.25) is 9.88 Å². The van der Waals surface area contributed by atoms with Crippen LogP contribution in [0.5, 0.6) is 5.75 Å². The van der Waals surface area contributed by atoms with E-state index in [1.54, 1.807) is 7.11 Å². The highest BCUT2D eigenvalue weighted by Gasteiger charge is 2.24. The van der Waals surface area contributed by atoms with Crippen molar-refractivity contribution in [3.8, 4) is 5.75 Å². The van der Waals surface area contributed by atoms with Gasteiger partial charge in [-0.05, 0) is 54.7 Å². The van der Waals surface area contributed by atoms with E-state index in [0.29, 0.717) is 5.92 Å². The zero-order valence-electron chi connectivity index (χ0n) is 17.5. The van der Waals surface area contributed by atoms with E-state index >= 15 is 0 Å². The van der Waals surface area contributed by atoms with Crippen LogP contribution in [0.15, 0.2) is 36.5 Å². The standard InChI is InChI=1S/C24H31N3O/c1-17(2)15-26-11-10-24-22(16-26)21-13-20(28-4)7-8-23(21)27(24)12-9-19-6-5-18(3)25-14-19/h5-8,13-14,17H,9-12,15-16H2,1-4H3. The summed E-state index contributed by atoms with van der Waals surface area (Å²) < 4.78 is 8.06. The predicted octanol–water partition coefficient (Wildman–Crippen LogP) is 4.61. The van der Waals surface area contributed by atoms with E-state index in [1.807, 2.05) is 13.1 Å². The number of ether oxygens (including phenoxy) is 1. The molecule has 0 spiro atoms. The molecule has 4 rings (SSSR count). The second-order valence-electron chi connectivity index (χ2n) is 8.40. The number of nitrogens with zero attached hydrogens (tertiary/aromatic N) is 3. The molecular weight excluding hydrogens is 346 g/mol. The largest absolute Gasteiger partial charge is 0.497 e. The molecule has 3 heterocycles. The molecule has 4 nitrogen and oxygen atoms in total. The third-order valence-electron chi connectivity index (χ3n) is 5.76. The molecule has 3 aromatic rings. The maximum atomic E-state index is 5.52. The van der Waals surface area contributed by atoms with Gasteiger partial charge in [0.05, 0.1) is 7.11 Å². The number of hydrogen-bond donors (Lipinski definition) is 0. The van der Waals surface area contributed by atoms with Gasteiger partial charge in [-0.1, -0.05) is 19.9 Å². The predicted molar refractivity (Wildman–Crippen MR) is 115 cm³/mol. The minimum atomic E-state index is 0.693. The Labute approximate surface area is 168 Å². The molecule has 0 fully saturated rings. The Hall–Kier alpha value is -2.33. The third-order valence-corrected chi connectivity index (χ3v) is 5.76. The van der Waals surface area contributed by atoms with Crippen LogP contribution in [0.3, 0.4) is 0 Å². The number of rotatable bonds is 6. The summed E-state index contributed by atoms with van der Waals surface area (Å²) in [4.78, 5) is 7.05. The monoisotopic (exact) mass is 377 g/mol. The lowest BCUT2D eigenvalue weighted by molar-refractivity contribution is 0.225. The van der Waals surface area contributed by atoms with Gasteiger partial charge in [0.25, 0.3) is 0 Å². The fraction of sp³-hybridized carbons (Fsp3) is 0.458. The smallest absolute Gasteiger partial charge is 0.119 e. The van der Waals surface area contributed by atoms with E-state index in [1.165, 1.54) is 27.7 Å². The molecule has 0 bridgehead atoms. The molecule has 2 aromatic heterocycles. The Kier molecular flexibility index (Phi) is 5.40. The van der Waals surface area contributed by atoms with Crippen molar-refractivity contribution in [2.75, 3.05) is 20.2 Å². The lowest BCUT2D eigenvalue weighted by atomic mass is 10.0. The summed E-state index contributed by atoms with van der Waals surface area (Å²) in [6.07, 6.45) is 4.14. The minimum absolute atomic E-state index is 0.693. The molecule has 4 heteroatoms. The Morgan fingerprint density at radius 1 is 1.18 bits per heavy atom. The number of hydrogen-bond acceptors (Lipinski definition) is 3. The number of pyridine rings is 1. The molecule has 148 valence electrons. The third kappa shape index (κ3) is 3.79. The van der Waals surface area contributed by atoms with Crippen molar-refractivity contribution >= 4 is 10.9 Å². The first kappa shape index (κ1) is 19.0. The molecule has 0 saturated carbocycles. The van der Waals surface area contributed by atoms with Gasteiger partial charge in [-0.15, -0.1) is 0 Å². The highest BCUT2D eigenvalue weighted by atomic mass is 16.5. The van der Waals surface area contributed by atoms with Crippen LogP contribution >= 0.6 is 0 Å². The van der Waals surface area contributed by atoms with Crippen LogP contribution in [0.2, 0.25) is 0 Å². The SMILES string of the molecule is COc1ccc2c(c1)c1c(n2CCc2ccc(C)nc2)CCN(CC(C)C)C1. The molecule has 0 aliphatic carbocycles. The molecule has 0 atom stereocenters. The number of methoxy groups -OCH3 is 1. The van der Waals surface area contributed by atoms with Gasteiger partial charge in [0.15, 0.2) is 0 Å². The molecule has 0 unspecified atom stereocenters. The van der Waals surface area contributed by atoms with Crippen LogP contribution in [0.4, 0.5) is 0 Å². The molecule has 1 aliphatic heterocycles. The summed E-state index contributed by atoms with van der Waals surface area (Å²) in [5.41, 5.74) is 6.69. The van der Waals surface area contributed by atoms with E-state index in [-0.39, 0.29) is 0 Å². The summed E-state index contributed by atoms with van der Waals surface area (Å²) in [6, 6.07) is 10.8. The Bertz CT molecular complexity index is 956. The van der Waals surface area contributed by atoms with Crippen molar-refractivity contribution in [3.05, 3.63) is 59.0 Å². The van der Waals surface area contributed by atoms with Gasteiger partial charge in [0, 0.05) is 61.1 Å². The van der Waals surface area contributed by atoms with Crippen LogP contribution in [-0.2, 0) is 25.9 Å². The molecule has 0 N–H and O–H groups in total. The topological polar surface area (TPSA) is 30.3 Å². The van der Waals surface area contributed by atoms with Crippen molar-refractivity contribution < 1.29 is 4.74 Å². The van der Waals surface area contributed by atoms with E-state index in [9.17, 15) is 0 Å². The zero-order valence-corrected chi connectivity index (χ0v) is 17.5. The van der Waals surface area contributed by atoms with Gasteiger partial charge in [0.2, 0.25) is 0 Å². The summed E-state index contributed by atoms with van der Waals surface area (Å²) in [7, 11) is 1.75. The van der Waals surface area contributed by atoms with E-state index in [2.05, 4.69) is 58.6 Å². The first-order chi connectivity index (χ1) is 13.5. The summed E-state index contributed by atoms with van der Waals surface area (Å²) in [5, 5.41) is 1.35. The molecule has 0 amide bonds. The average Bonchev–Trinajstić information content (AvgIpc) is 2.99. The Balaban J connectivity index is 1.69. The van der Waals surface area contributed by atoms with Crippen LogP contribution in [0.25, 0.3) is 10.9 Å². The number of aromatic nitrogens is 2. The fourth-order valence-electron chi connectivity index (χ4n) is 4.43. The summed E-state index contributed by atoms with van der Waals surface area (Å²) >= 11 is 0. The van der Waals surface area contributed by atoms with Gasteiger partial charge >= 0.3 is 0 Å². The quantitative estimate of drug-likeness (QED) is 0.628. The second-order valence-corrected chi connectivity index (χ2v) is 8.40. The molecule has 0 radical (unpaired) electrons. The Morgan fingerprint density at radius 3 is 2.75 bits per heavy atom. The molecule has 28 heavy (non-hydrogen) atoms. The van der Waals surface area contributed by atoms with Crippen molar-refractivity contribution in [1.82, 2.24) is 14.5 Å². The van der Waals surface area contributed by atoms with Crippen molar-refractivity contribution in [2.24, 2.45) is 5.92 Å². The normalized spacial score (nSPS) is 14.6.